The largest absolute Gasteiger partial charge is 0.308 e. The lowest BCUT2D eigenvalue weighted by Gasteiger charge is -2.34. The summed E-state index contributed by atoms with van der Waals surface area (Å²) in [5.74, 6) is -0.385. The van der Waals surface area contributed by atoms with Crippen molar-refractivity contribution in [1.82, 2.24) is 10.3 Å². The normalized spacial score (nSPS) is 12.8. The van der Waals surface area contributed by atoms with Crippen molar-refractivity contribution in [3.63, 3.8) is 0 Å². The average Bonchev–Trinajstić information content (AvgIpc) is 2.92. The second-order valence-corrected chi connectivity index (χ2v) is 9.36. The first-order chi connectivity index (χ1) is 17.0. The van der Waals surface area contributed by atoms with Crippen LogP contribution in [-0.2, 0) is 4.79 Å². The van der Waals surface area contributed by atoms with Gasteiger partial charge in [0.15, 0.2) is 4.84 Å². The molecule has 178 valence electrons. The highest BCUT2D eigenvalue weighted by molar-refractivity contribution is 6.54. The number of benzene rings is 3. The zero-order valence-electron chi connectivity index (χ0n) is 19.4. The summed E-state index contributed by atoms with van der Waals surface area (Å²) in [6.45, 7) is 2.58. The van der Waals surface area contributed by atoms with E-state index in [-0.39, 0.29) is 18.0 Å². The monoisotopic (exact) mass is 503 g/mol. The van der Waals surface area contributed by atoms with E-state index in [2.05, 4.69) is 41.5 Å². The molecular weight excluding hydrogens is 477 g/mol. The van der Waals surface area contributed by atoms with E-state index in [0.717, 1.165) is 22.3 Å². The molecule has 4 aromatic rings. The molecule has 0 fully saturated rings. The van der Waals surface area contributed by atoms with Gasteiger partial charge in [0.2, 0.25) is 0 Å². The van der Waals surface area contributed by atoms with E-state index in [0.29, 0.717) is 12.2 Å². The van der Waals surface area contributed by atoms with Crippen LogP contribution in [0.3, 0.4) is 0 Å². The molecule has 3 aromatic carbocycles. The van der Waals surface area contributed by atoms with Crippen LogP contribution in [0.4, 0.5) is 5.69 Å². The molecule has 0 unspecified atom stereocenters. The average molecular weight is 504 g/mol. The van der Waals surface area contributed by atoms with Gasteiger partial charge >= 0.3 is 0 Å². The van der Waals surface area contributed by atoms with Gasteiger partial charge in [-0.3, -0.25) is 9.78 Å². The zero-order valence-corrected chi connectivity index (χ0v) is 20.9. The van der Waals surface area contributed by atoms with Gasteiger partial charge < -0.3 is 10.2 Å². The number of hydrogen-bond donors (Lipinski definition) is 1. The van der Waals surface area contributed by atoms with Crippen molar-refractivity contribution in [2.45, 2.75) is 23.8 Å². The van der Waals surface area contributed by atoms with Gasteiger partial charge in [-0.25, -0.2) is 0 Å². The summed E-state index contributed by atoms with van der Waals surface area (Å²) < 4.78 is 0. The number of carbonyl (C=O) groups excluding carboxylic acids is 1. The predicted molar refractivity (Wildman–Crippen MR) is 145 cm³/mol. The first kappa shape index (κ1) is 24.9. The Morgan fingerprint density at radius 2 is 1.43 bits per heavy atom. The summed E-state index contributed by atoms with van der Waals surface area (Å²) in [5.41, 5.74) is 4.92. The van der Waals surface area contributed by atoms with E-state index in [1.165, 1.54) is 0 Å². The summed E-state index contributed by atoms with van der Waals surface area (Å²) in [6.07, 6.45) is 3.49. The van der Waals surface area contributed by atoms with E-state index >= 15 is 0 Å². The van der Waals surface area contributed by atoms with Crippen molar-refractivity contribution in [3.05, 3.63) is 121 Å². The minimum atomic E-state index is -1.20. The van der Waals surface area contributed by atoms with Crippen LogP contribution in [-0.4, -0.2) is 22.3 Å². The fourth-order valence-corrected chi connectivity index (χ4v) is 4.30. The fourth-order valence-electron chi connectivity index (χ4n) is 4.09. The molecule has 1 heterocycles. The molecule has 0 bridgehead atoms. The predicted octanol–water partition coefficient (Wildman–Crippen LogP) is 6.98. The highest BCUT2D eigenvalue weighted by Crippen LogP contribution is 2.31. The Labute approximate surface area is 216 Å². The van der Waals surface area contributed by atoms with Gasteiger partial charge in [-0.2, -0.15) is 0 Å². The van der Waals surface area contributed by atoms with Gasteiger partial charge in [-0.05, 0) is 47.4 Å². The first-order valence-electron chi connectivity index (χ1n) is 11.5. The molecule has 0 aliphatic rings. The number of anilines is 1. The lowest BCUT2D eigenvalue weighted by atomic mass is 10.0. The van der Waals surface area contributed by atoms with E-state index in [9.17, 15) is 4.79 Å². The molecule has 2 atom stereocenters. The third-order valence-corrected chi connectivity index (χ3v) is 6.35. The third-order valence-electron chi connectivity index (χ3n) is 5.97. The summed E-state index contributed by atoms with van der Waals surface area (Å²) in [7, 11) is 0. The van der Waals surface area contributed by atoms with E-state index in [4.69, 9.17) is 23.2 Å². The van der Waals surface area contributed by atoms with Gasteiger partial charge in [0, 0.05) is 30.7 Å². The standard InChI is InChI=1S/C29H27Cl2N3O/c1-21(22-9-4-2-5-10-22)33-20-27(25-13-8-18-32-19-25)34(29(35)28(30)31)26-16-14-24(15-17-26)23-11-6-3-7-12-23/h2-19,21,27-28,33H,20H2,1H3/t21-,27-/m0/s1. The minimum Gasteiger partial charge on any atom is -0.308 e. The lowest BCUT2D eigenvalue weighted by Crippen LogP contribution is -2.43. The number of nitrogens with zero attached hydrogens (tertiary/aromatic N) is 2. The molecule has 4 nitrogen and oxygen atoms in total. The van der Waals surface area contributed by atoms with Gasteiger partial charge in [0.1, 0.15) is 0 Å². The smallest absolute Gasteiger partial charge is 0.260 e. The van der Waals surface area contributed by atoms with Gasteiger partial charge in [0.05, 0.1) is 6.04 Å². The topological polar surface area (TPSA) is 45.2 Å². The molecule has 6 heteroatoms. The fraction of sp³-hybridized carbons (Fsp3) is 0.172. The Kier molecular flexibility index (Phi) is 8.54. The van der Waals surface area contributed by atoms with Crippen molar-refractivity contribution in [3.8, 4) is 11.1 Å². The molecule has 1 aromatic heterocycles. The van der Waals surface area contributed by atoms with Crippen molar-refractivity contribution >= 4 is 34.8 Å². The maximum atomic E-state index is 13.3. The Hall–Kier alpha value is -3.18. The van der Waals surface area contributed by atoms with Gasteiger partial charge in [-0.1, -0.05) is 102 Å². The second-order valence-electron chi connectivity index (χ2n) is 8.26. The van der Waals surface area contributed by atoms with Crippen LogP contribution < -0.4 is 10.2 Å². The zero-order chi connectivity index (χ0) is 24.6. The van der Waals surface area contributed by atoms with Crippen molar-refractivity contribution in [2.75, 3.05) is 11.4 Å². The molecule has 1 N–H and O–H groups in total. The van der Waals surface area contributed by atoms with E-state index in [1.54, 1.807) is 17.3 Å². The number of halogens is 2. The Morgan fingerprint density at radius 3 is 2.03 bits per heavy atom. The Morgan fingerprint density at radius 1 is 0.829 bits per heavy atom. The molecule has 1 amide bonds. The molecule has 0 radical (unpaired) electrons. The molecule has 0 saturated heterocycles. The third kappa shape index (κ3) is 6.29. The van der Waals surface area contributed by atoms with Crippen molar-refractivity contribution in [2.24, 2.45) is 0 Å². The molecule has 35 heavy (non-hydrogen) atoms. The number of amides is 1. The molecule has 4 rings (SSSR count). The van der Waals surface area contributed by atoms with Crippen molar-refractivity contribution in [1.29, 1.82) is 0 Å². The number of hydrogen-bond acceptors (Lipinski definition) is 3. The SMILES string of the molecule is C[C@H](NC[C@@H](c1cccnc1)N(C(=O)C(Cl)Cl)c1ccc(-c2ccccc2)cc1)c1ccccc1. The number of alkyl halides is 2. The van der Waals surface area contributed by atoms with Crippen LogP contribution in [0.15, 0.2) is 109 Å². The minimum absolute atomic E-state index is 0.0792. The molecule has 0 saturated carbocycles. The van der Waals surface area contributed by atoms with Crippen molar-refractivity contribution < 1.29 is 4.79 Å². The molecule has 0 spiro atoms. The number of carbonyl (C=O) groups is 1. The second kappa shape index (κ2) is 12.0. The van der Waals surface area contributed by atoms with Crippen LogP contribution in [0.2, 0.25) is 0 Å². The quantitative estimate of drug-likeness (QED) is 0.250. The maximum absolute atomic E-state index is 13.3. The van der Waals surface area contributed by atoms with Crippen LogP contribution in [0.1, 0.15) is 30.1 Å². The van der Waals surface area contributed by atoms with Crippen LogP contribution >= 0.6 is 23.2 Å². The lowest BCUT2D eigenvalue weighted by molar-refractivity contribution is -0.117. The van der Waals surface area contributed by atoms with Crippen LogP contribution in [0.25, 0.3) is 11.1 Å². The highest BCUT2D eigenvalue weighted by Gasteiger charge is 2.31. The van der Waals surface area contributed by atoms with Crippen LogP contribution in [0, 0.1) is 0 Å². The summed E-state index contributed by atoms with van der Waals surface area (Å²) in [5, 5.41) is 3.57. The molecular formula is C29H27Cl2N3O. The molecule has 0 aliphatic heterocycles. The number of aromatic nitrogens is 1. The maximum Gasteiger partial charge on any atom is 0.260 e. The van der Waals surface area contributed by atoms with E-state index in [1.807, 2.05) is 72.8 Å². The van der Waals surface area contributed by atoms with Crippen LogP contribution in [0.5, 0.6) is 0 Å². The van der Waals surface area contributed by atoms with E-state index < -0.39 is 4.84 Å². The summed E-state index contributed by atoms with van der Waals surface area (Å²) in [4.78, 5) is 18.1. The molecule has 0 aliphatic carbocycles. The first-order valence-corrected chi connectivity index (χ1v) is 12.4. The van der Waals surface area contributed by atoms with Gasteiger partial charge in [0.25, 0.3) is 5.91 Å². The summed E-state index contributed by atoms with van der Waals surface area (Å²) in [6, 6.07) is 31.7. The summed E-state index contributed by atoms with van der Waals surface area (Å²) >= 11 is 12.3. The Balaban J connectivity index is 1.68. The van der Waals surface area contributed by atoms with Gasteiger partial charge in [-0.15, -0.1) is 0 Å². The number of nitrogens with one attached hydrogen (secondary N) is 1. The highest BCUT2D eigenvalue weighted by atomic mass is 35.5. The Bertz CT molecular complexity index is 1200. The number of rotatable bonds is 9. The number of pyridine rings is 1.